The van der Waals surface area contributed by atoms with Crippen LogP contribution in [-0.2, 0) is 10.0 Å². The van der Waals surface area contributed by atoms with Gasteiger partial charge in [0.15, 0.2) is 5.82 Å². The molecule has 1 fully saturated rings. The molecule has 0 aliphatic heterocycles. The third-order valence-electron chi connectivity index (χ3n) is 4.19. The molecule has 3 N–H and O–H groups in total. The van der Waals surface area contributed by atoms with E-state index < -0.39 is 32.2 Å². The largest absolute Gasteiger partial charge is 0.394 e. The molecule has 1 saturated carbocycles. The van der Waals surface area contributed by atoms with E-state index in [2.05, 4.69) is 4.72 Å². The summed E-state index contributed by atoms with van der Waals surface area (Å²) in [6.07, 6.45) is 3.56. The third kappa shape index (κ3) is 3.18. The van der Waals surface area contributed by atoms with Crippen molar-refractivity contribution in [1.82, 2.24) is 4.72 Å². The molecule has 4 nitrogen and oxygen atoms in total. The second-order valence-corrected chi connectivity index (χ2v) is 7.86. The van der Waals surface area contributed by atoms with Crippen molar-refractivity contribution in [2.45, 2.75) is 50.5 Å². The highest BCUT2D eigenvalue weighted by Crippen LogP contribution is 2.36. The van der Waals surface area contributed by atoms with Gasteiger partial charge in [-0.05, 0) is 30.4 Å². The van der Waals surface area contributed by atoms with E-state index in [1.807, 2.05) is 13.8 Å². The van der Waals surface area contributed by atoms with Crippen molar-refractivity contribution in [3.8, 4) is 0 Å². The van der Waals surface area contributed by atoms with Gasteiger partial charge in [-0.2, -0.15) is 0 Å². The van der Waals surface area contributed by atoms with Gasteiger partial charge in [-0.1, -0.05) is 26.7 Å². The van der Waals surface area contributed by atoms with Crippen LogP contribution in [0.2, 0.25) is 0 Å². The van der Waals surface area contributed by atoms with E-state index in [0.717, 1.165) is 31.4 Å². The van der Waals surface area contributed by atoms with Gasteiger partial charge >= 0.3 is 0 Å². The van der Waals surface area contributed by atoms with E-state index in [4.69, 9.17) is 5.73 Å². The predicted octanol–water partition coefficient (Wildman–Crippen LogP) is 2.79. The molecule has 0 radical (unpaired) electrons. The molecule has 21 heavy (non-hydrogen) atoms. The van der Waals surface area contributed by atoms with Crippen LogP contribution in [0.15, 0.2) is 17.0 Å². The van der Waals surface area contributed by atoms with Crippen molar-refractivity contribution < 1.29 is 17.2 Å². The van der Waals surface area contributed by atoms with Gasteiger partial charge in [-0.3, -0.25) is 0 Å². The topological polar surface area (TPSA) is 72.2 Å². The standard InChI is InChI=1S/C14H20F2N2O2S/c1-14(2)8-4-3-5-11(14)18-21(19,20)10-7-6-9(15)13(17)12(10)16/h6-7,11,18H,3-5,8,17H2,1-2H3. The van der Waals surface area contributed by atoms with Crippen LogP contribution in [0.1, 0.15) is 39.5 Å². The van der Waals surface area contributed by atoms with Gasteiger partial charge in [0.2, 0.25) is 10.0 Å². The van der Waals surface area contributed by atoms with Gasteiger partial charge in [0.25, 0.3) is 0 Å². The van der Waals surface area contributed by atoms with Crippen molar-refractivity contribution in [1.29, 1.82) is 0 Å². The summed E-state index contributed by atoms with van der Waals surface area (Å²) in [6, 6.07) is 1.49. The molecular formula is C14H20F2N2O2S. The average Bonchev–Trinajstić information content (AvgIpc) is 2.38. The van der Waals surface area contributed by atoms with Crippen molar-refractivity contribution in [3.05, 3.63) is 23.8 Å². The van der Waals surface area contributed by atoms with Crippen molar-refractivity contribution in [2.75, 3.05) is 5.73 Å². The van der Waals surface area contributed by atoms with Gasteiger partial charge in [-0.25, -0.2) is 21.9 Å². The summed E-state index contributed by atoms with van der Waals surface area (Å²) in [5.41, 5.74) is 4.25. The molecule has 2 rings (SSSR count). The highest BCUT2D eigenvalue weighted by Gasteiger charge is 2.36. The lowest BCUT2D eigenvalue weighted by atomic mass is 9.74. The summed E-state index contributed by atoms with van der Waals surface area (Å²) in [6.45, 7) is 3.96. The lowest BCUT2D eigenvalue weighted by molar-refractivity contribution is 0.188. The number of anilines is 1. The molecule has 1 unspecified atom stereocenters. The Morgan fingerprint density at radius 2 is 1.95 bits per heavy atom. The van der Waals surface area contributed by atoms with Gasteiger partial charge in [-0.15, -0.1) is 0 Å². The number of halogens is 2. The zero-order chi connectivity index (χ0) is 15.8. The number of nitrogen functional groups attached to an aromatic ring is 1. The van der Waals surface area contributed by atoms with Crippen LogP contribution in [0.3, 0.4) is 0 Å². The van der Waals surface area contributed by atoms with Crippen LogP contribution < -0.4 is 10.5 Å². The van der Waals surface area contributed by atoms with Crippen molar-refractivity contribution in [2.24, 2.45) is 5.41 Å². The SMILES string of the molecule is CC1(C)CCCCC1NS(=O)(=O)c1ccc(F)c(N)c1F. The number of benzene rings is 1. The average molecular weight is 318 g/mol. The fourth-order valence-electron chi connectivity index (χ4n) is 2.72. The summed E-state index contributed by atoms with van der Waals surface area (Å²) < 4.78 is 54.3. The molecule has 7 heteroatoms. The van der Waals surface area contributed by atoms with Crippen LogP contribution in [0, 0.1) is 17.0 Å². The maximum Gasteiger partial charge on any atom is 0.243 e. The maximum atomic E-state index is 13.9. The molecule has 1 aliphatic rings. The smallest absolute Gasteiger partial charge is 0.243 e. The fourth-order valence-corrected chi connectivity index (χ4v) is 4.25. The minimum absolute atomic E-state index is 0.201. The lowest BCUT2D eigenvalue weighted by Gasteiger charge is -2.38. The molecule has 0 spiro atoms. The molecule has 0 aromatic heterocycles. The monoisotopic (exact) mass is 318 g/mol. The number of hydrogen-bond donors (Lipinski definition) is 2. The Labute approximate surface area is 123 Å². The molecule has 0 saturated heterocycles. The molecule has 1 aliphatic carbocycles. The highest BCUT2D eigenvalue weighted by atomic mass is 32.2. The Balaban J connectivity index is 2.33. The molecule has 118 valence electrons. The van der Waals surface area contributed by atoms with Crippen LogP contribution in [0.25, 0.3) is 0 Å². The molecule has 0 amide bonds. The third-order valence-corrected chi connectivity index (χ3v) is 5.67. The van der Waals surface area contributed by atoms with E-state index in [1.54, 1.807) is 0 Å². The Bertz CT molecular complexity index is 645. The summed E-state index contributed by atoms with van der Waals surface area (Å²) in [5.74, 6) is -2.21. The molecule has 0 heterocycles. The van der Waals surface area contributed by atoms with Crippen LogP contribution in [-0.4, -0.2) is 14.5 Å². The van der Waals surface area contributed by atoms with Gasteiger partial charge in [0.1, 0.15) is 16.4 Å². The first-order valence-electron chi connectivity index (χ1n) is 6.91. The highest BCUT2D eigenvalue weighted by molar-refractivity contribution is 7.89. The second-order valence-electron chi connectivity index (χ2n) is 6.18. The number of rotatable bonds is 3. The van der Waals surface area contributed by atoms with Crippen LogP contribution in [0.5, 0.6) is 0 Å². The summed E-state index contributed by atoms with van der Waals surface area (Å²) in [5, 5.41) is 0. The zero-order valence-electron chi connectivity index (χ0n) is 12.1. The Kier molecular flexibility index (Phi) is 4.26. The number of nitrogens with one attached hydrogen (secondary N) is 1. The minimum Gasteiger partial charge on any atom is -0.394 e. The molecule has 0 bridgehead atoms. The summed E-state index contributed by atoms with van der Waals surface area (Å²) >= 11 is 0. The van der Waals surface area contributed by atoms with E-state index in [1.165, 1.54) is 0 Å². The van der Waals surface area contributed by atoms with Gasteiger partial charge in [0, 0.05) is 6.04 Å². The number of sulfonamides is 1. The fraction of sp³-hybridized carbons (Fsp3) is 0.571. The second kappa shape index (κ2) is 5.53. The first kappa shape index (κ1) is 16.2. The normalized spacial score (nSPS) is 22.2. The molecule has 1 atom stereocenters. The van der Waals surface area contributed by atoms with E-state index in [9.17, 15) is 17.2 Å². The number of nitrogens with two attached hydrogens (primary N) is 1. The van der Waals surface area contributed by atoms with Gasteiger partial charge in [0.05, 0.1) is 0 Å². The van der Waals surface area contributed by atoms with E-state index in [0.29, 0.717) is 6.42 Å². The quantitative estimate of drug-likeness (QED) is 0.842. The van der Waals surface area contributed by atoms with Crippen molar-refractivity contribution >= 4 is 15.7 Å². The first-order chi connectivity index (χ1) is 9.65. The molecule has 1 aromatic carbocycles. The van der Waals surface area contributed by atoms with Crippen LogP contribution in [0.4, 0.5) is 14.5 Å². The molecular weight excluding hydrogens is 298 g/mol. The first-order valence-corrected chi connectivity index (χ1v) is 8.39. The van der Waals surface area contributed by atoms with Crippen LogP contribution >= 0.6 is 0 Å². The lowest BCUT2D eigenvalue weighted by Crippen LogP contribution is -2.46. The number of hydrogen-bond acceptors (Lipinski definition) is 3. The summed E-state index contributed by atoms with van der Waals surface area (Å²) in [4.78, 5) is -0.609. The Morgan fingerprint density at radius 1 is 1.29 bits per heavy atom. The van der Waals surface area contributed by atoms with E-state index in [-0.39, 0.29) is 11.5 Å². The summed E-state index contributed by atoms with van der Waals surface area (Å²) in [7, 11) is -4.07. The zero-order valence-corrected chi connectivity index (χ0v) is 12.9. The molecule has 1 aromatic rings. The maximum absolute atomic E-state index is 13.9. The minimum atomic E-state index is -4.07. The van der Waals surface area contributed by atoms with E-state index >= 15 is 0 Å². The predicted molar refractivity (Wildman–Crippen MR) is 77.1 cm³/mol. The van der Waals surface area contributed by atoms with Gasteiger partial charge < -0.3 is 5.73 Å². The Hall–Kier alpha value is -1.21. The van der Waals surface area contributed by atoms with Crippen molar-refractivity contribution in [3.63, 3.8) is 0 Å². The Morgan fingerprint density at radius 3 is 2.57 bits per heavy atom.